The molecule has 0 atom stereocenters. The van der Waals surface area contributed by atoms with Gasteiger partial charge < -0.3 is 0 Å². The highest BCUT2D eigenvalue weighted by Crippen LogP contribution is 2.26. The lowest BCUT2D eigenvalue weighted by molar-refractivity contribution is 0.522. The van der Waals surface area contributed by atoms with Gasteiger partial charge in [-0.05, 0) is 18.3 Å². The van der Waals surface area contributed by atoms with E-state index in [4.69, 9.17) is 0 Å². The summed E-state index contributed by atoms with van der Waals surface area (Å²) in [4.78, 5) is 0. The highest BCUT2D eigenvalue weighted by molar-refractivity contribution is 5.31. The molecule has 0 spiro atoms. The van der Waals surface area contributed by atoms with Crippen LogP contribution in [0.2, 0.25) is 0 Å². The van der Waals surface area contributed by atoms with Crippen molar-refractivity contribution >= 4 is 0 Å². The van der Waals surface area contributed by atoms with Crippen LogP contribution < -0.4 is 0 Å². The molecule has 0 aliphatic heterocycles. The van der Waals surface area contributed by atoms with E-state index in [2.05, 4.69) is 39.2 Å². The predicted octanol–water partition coefficient (Wildman–Crippen LogP) is 3.78. The van der Waals surface area contributed by atoms with E-state index in [1.165, 1.54) is 25.7 Å². The lowest BCUT2D eigenvalue weighted by atomic mass is 9.88. The summed E-state index contributed by atoms with van der Waals surface area (Å²) in [5.74, 6) is 7.21. The molecule has 1 fully saturated rings. The number of hydrogen-bond donors (Lipinski definition) is 0. The summed E-state index contributed by atoms with van der Waals surface area (Å²) in [6.45, 7) is 10.5. The van der Waals surface area contributed by atoms with Crippen LogP contribution in [-0.2, 0) is 0 Å². The van der Waals surface area contributed by atoms with Crippen molar-refractivity contribution < 1.29 is 0 Å². The first-order chi connectivity index (χ1) is 6.00. The Labute approximate surface area is 82.4 Å². The summed E-state index contributed by atoms with van der Waals surface area (Å²) in [7, 11) is 0. The topological polar surface area (TPSA) is 0 Å². The molecule has 1 saturated carbocycles. The highest BCUT2D eigenvalue weighted by Gasteiger charge is 2.14. The van der Waals surface area contributed by atoms with E-state index in [0.717, 1.165) is 5.57 Å². The maximum Gasteiger partial charge on any atom is 0.0206 e. The molecule has 1 aliphatic carbocycles. The molecule has 1 aliphatic rings. The summed E-state index contributed by atoms with van der Waals surface area (Å²) < 4.78 is 0. The molecule has 0 heterocycles. The fraction of sp³-hybridized carbons (Fsp3) is 0.692. The van der Waals surface area contributed by atoms with Gasteiger partial charge in [-0.3, -0.25) is 0 Å². The maximum absolute atomic E-state index is 4.01. The van der Waals surface area contributed by atoms with Crippen LogP contribution in [0.3, 0.4) is 0 Å². The molecule has 0 bridgehead atoms. The third-order valence-electron chi connectivity index (χ3n) is 2.69. The quantitative estimate of drug-likeness (QED) is 0.493. The molecule has 0 aromatic rings. The van der Waals surface area contributed by atoms with E-state index in [9.17, 15) is 0 Å². The zero-order valence-corrected chi connectivity index (χ0v) is 9.11. The molecule has 1 rings (SSSR count). The summed E-state index contributed by atoms with van der Waals surface area (Å²) in [6.07, 6.45) is 5.32. The van der Waals surface area contributed by atoms with E-state index >= 15 is 0 Å². The van der Waals surface area contributed by atoms with Crippen LogP contribution >= 0.6 is 0 Å². The Balaban J connectivity index is 2.51. The van der Waals surface area contributed by atoms with Crippen LogP contribution in [0.1, 0.15) is 46.5 Å². The van der Waals surface area contributed by atoms with Crippen LogP contribution in [0.5, 0.6) is 0 Å². The Morgan fingerprint density at radius 2 is 1.77 bits per heavy atom. The predicted molar refractivity (Wildman–Crippen MR) is 58.3 cm³/mol. The second kappa shape index (κ2) is 4.01. The van der Waals surface area contributed by atoms with E-state index in [-0.39, 0.29) is 5.41 Å². The zero-order chi connectivity index (χ0) is 9.90. The Morgan fingerprint density at radius 3 is 2.23 bits per heavy atom. The van der Waals surface area contributed by atoms with Crippen LogP contribution in [0.4, 0.5) is 0 Å². The second-order valence-corrected chi connectivity index (χ2v) is 4.98. The Hall–Kier alpha value is -0.700. The van der Waals surface area contributed by atoms with Gasteiger partial charge in [0.2, 0.25) is 0 Å². The van der Waals surface area contributed by atoms with Crippen LogP contribution in [0.25, 0.3) is 0 Å². The minimum atomic E-state index is 0.144. The summed E-state index contributed by atoms with van der Waals surface area (Å²) >= 11 is 0. The fourth-order valence-corrected chi connectivity index (χ4v) is 1.45. The van der Waals surface area contributed by atoms with Gasteiger partial charge in [0.15, 0.2) is 0 Å². The number of hydrogen-bond acceptors (Lipinski definition) is 0. The first-order valence-electron chi connectivity index (χ1n) is 5.21. The molecule has 0 aromatic carbocycles. The third kappa shape index (κ3) is 3.27. The molecule has 0 aromatic heterocycles. The van der Waals surface area contributed by atoms with Crippen molar-refractivity contribution in [2.75, 3.05) is 0 Å². The van der Waals surface area contributed by atoms with Gasteiger partial charge in [0.05, 0.1) is 0 Å². The summed E-state index contributed by atoms with van der Waals surface area (Å²) in [5, 5.41) is 0. The van der Waals surface area contributed by atoms with Crippen LogP contribution in [-0.4, -0.2) is 0 Å². The van der Waals surface area contributed by atoms with Crippen molar-refractivity contribution in [1.29, 1.82) is 0 Å². The molecule has 0 N–H and O–H groups in total. The van der Waals surface area contributed by atoms with E-state index in [1.807, 2.05) is 0 Å². The van der Waals surface area contributed by atoms with Crippen molar-refractivity contribution in [3.8, 4) is 11.8 Å². The zero-order valence-electron chi connectivity index (χ0n) is 9.11. The van der Waals surface area contributed by atoms with Crippen molar-refractivity contribution in [3.63, 3.8) is 0 Å². The molecule has 0 unspecified atom stereocenters. The minimum Gasteiger partial charge on any atom is -0.0948 e. The summed E-state index contributed by atoms with van der Waals surface area (Å²) in [6, 6.07) is 0. The average molecular weight is 176 g/mol. The monoisotopic (exact) mass is 176 g/mol. The highest BCUT2D eigenvalue weighted by atomic mass is 14.2. The smallest absolute Gasteiger partial charge is 0.0206 e. The van der Waals surface area contributed by atoms with E-state index < -0.39 is 0 Å². The lowest BCUT2D eigenvalue weighted by Gasteiger charge is -2.16. The van der Waals surface area contributed by atoms with Crippen molar-refractivity contribution in [2.24, 2.45) is 11.3 Å². The number of allylic oxidation sites excluding steroid dienone is 1. The second-order valence-electron chi connectivity index (χ2n) is 4.98. The Kier molecular flexibility index (Phi) is 3.20. The maximum atomic E-state index is 4.01. The standard InChI is InChI=1S/C13H20/c1-11(13(2,3)4)9-10-12-7-5-6-8-12/h12H,1,5-8H2,2-4H3. The molecule has 0 saturated heterocycles. The lowest BCUT2D eigenvalue weighted by Crippen LogP contribution is -2.06. The van der Waals surface area contributed by atoms with Gasteiger partial charge >= 0.3 is 0 Å². The SMILES string of the molecule is C=C(C#CC1CCCC1)C(C)(C)C. The third-order valence-corrected chi connectivity index (χ3v) is 2.69. The molecule has 0 heteroatoms. The first-order valence-corrected chi connectivity index (χ1v) is 5.21. The minimum absolute atomic E-state index is 0.144. The van der Waals surface area contributed by atoms with Gasteiger partial charge in [-0.1, -0.05) is 52.0 Å². The normalized spacial score (nSPS) is 18.1. The van der Waals surface area contributed by atoms with E-state index in [0.29, 0.717) is 5.92 Å². The van der Waals surface area contributed by atoms with Crippen LogP contribution in [0.15, 0.2) is 12.2 Å². The number of rotatable bonds is 0. The van der Waals surface area contributed by atoms with Gasteiger partial charge in [0, 0.05) is 11.5 Å². The van der Waals surface area contributed by atoms with Crippen LogP contribution in [0, 0.1) is 23.2 Å². The summed E-state index contributed by atoms with van der Waals surface area (Å²) in [5.41, 5.74) is 1.21. The van der Waals surface area contributed by atoms with Gasteiger partial charge in [0.1, 0.15) is 0 Å². The Bertz CT molecular complexity index is 235. The molecular weight excluding hydrogens is 156 g/mol. The van der Waals surface area contributed by atoms with Gasteiger partial charge in [-0.15, -0.1) is 0 Å². The largest absolute Gasteiger partial charge is 0.0948 e. The van der Waals surface area contributed by atoms with Crippen molar-refractivity contribution in [2.45, 2.75) is 46.5 Å². The Morgan fingerprint density at radius 1 is 1.23 bits per heavy atom. The molecule has 0 amide bonds. The molecular formula is C13H20. The van der Waals surface area contributed by atoms with Gasteiger partial charge in [-0.2, -0.15) is 0 Å². The van der Waals surface area contributed by atoms with E-state index in [1.54, 1.807) is 0 Å². The molecule has 0 radical (unpaired) electrons. The molecule has 13 heavy (non-hydrogen) atoms. The van der Waals surface area contributed by atoms with Gasteiger partial charge in [-0.25, -0.2) is 0 Å². The van der Waals surface area contributed by atoms with Crippen molar-refractivity contribution in [1.82, 2.24) is 0 Å². The average Bonchev–Trinajstić information content (AvgIpc) is 2.50. The first kappa shape index (κ1) is 10.4. The fourth-order valence-electron chi connectivity index (χ4n) is 1.45. The van der Waals surface area contributed by atoms with Crippen molar-refractivity contribution in [3.05, 3.63) is 12.2 Å². The van der Waals surface area contributed by atoms with Gasteiger partial charge in [0.25, 0.3) is 0 Å². The molecule has 72 valence electrons. The molecule has 0 nitrogen and oxygen atoms in total.